The van der Waals surface area contributed by atoms with Crippen molar-refractivity contribution in [3.63, 3.8) is 0 Å². The first kappa shape index (κ1) is 20.8. The molecule has 31 heavy (non-hydrogen) atoms. The second-order valence-corrected chi connectivity index (χ2v) is 7.28. The lowest BCUT2D eigenvalue weighted by molar-refractivity contribution is 0.578. The van der Waals surface area contributed by atoms with Crippen LogP contribution in [0.3, 0.4) is 0 Å². The Morgan fingerprint density at radius 2 is 1.39 bits per heavy atom. The zero-order valence-corrected chi connectivity index (χ0v) is 16.4. The van der Waals surface area contributed by atoms with E-state index in [4.69, 9.17) is 0 Å². The number of hydrogen-bond donors (Lipinski definition) is 0. The molecule has 4 rings (SSSR count). The predicted octanol–water partition coefficient (Wildman–Crippen LogP) is 7.99. The van der Waals surface area contributed by atoms with E-state index in [0.717, 1.165) is 42.7 Å². The Morgan fingerprint density at radius 3 is 2.03 bits per heavy atom. The Labute approximate surface area is 176 Å². The molecule has 4 aromatic carbocycles. The SMILES string of the molecule is C=CCCc1ccc2c(F)c(-c3cc(F)c(-c4cc(F)cc(F)c4)c(F)c3)ccc2c1. The van der Waals surface area contributed by atoms with Gasteiger partial charge in [-0.05, 0) is 59.2 Å². The lowest BCUT2D eigenvalue weighted by Gasteiger charge is -2.12. The Kier molecular flexibility index (Phi) is 5.59. The molecule has 0 aliphatic heterocycles. The predicted molar refractivity (Wildman–Crippen MR) is 113 cm³/mol. The third-order valence-electron chi connectivity index (χ3n) is 5.16. The van der Waals surface area contributed by atoms with Crippen LogP contribution in [0.25, 0.3) is 33.0 Å². The highest BCUT2D eigenvalue weighted by Crippen LogP contribution is 2.35. The number of rotatable bonds is 5. The smallest absolute Gasteiger partial charge is 0.138 e. The van der Waals surface area contributed by atoms with Gasteiger partial charge in [0.1, 0.15) is 29.1 Å². The maximum Gasteiger partial charge on any atom is 0.138 e. The van der Waals surface area contributed by atoms with Gasteiger partial charge in [-0.1, -0.05) is 36.4 Å². The van der Waals surface area contributed by atoms with Crippen LogP contribution in [0, 0.1) is 29.1 Å². The van der Waals surface area contributed by atoms with Crippen molar-refractivity contribution >= 4 is 10.8 Å². The van der Waals surface area contributed by atoms with E-state index in [9.17, 15) is 17.6 Å². The van der Waals surface area contributed by atoms with Crippen LogP contribution < -0.4 is 0 Å². The van der Waals surface area contributed by atoms with E-state index < -0.39 is 34.6 Å². The van der Waals surface area contributed by atoms with Crippen molar-refractivity contribution in [3.8, 4) is 22.3 Å². The van der Waals surface area contributed by atoms with Crippen LogP contribution in [0.1, 0.15) is 12.0 Å². The largest absolute Gasteiger partial charge is 0.207 e. The van der Waals surface area contributed by atoms with Crippen LogP contribution in [0.4, 0.5) is 22.0 Å². The van der Waals surface area contributed by atoms with Crippen LogP contribution in [0.15, 0.2) is 73.3 Å². The quantitative estimate of drug-likeness (QED) is 0.225. The van der Waals surface area contributed by atoms with E-state index in [1.165, 1.54) is 6.07 Å². The van der Waals surface area contributed by atoms with E-state index in [-0.39, 0.29) is 16.7 Å². The van der Waals surface area contributed by atoms with Crippen molar-refractivity contribution in [2.45, 2.75) is 12.8 Å². The molecule has 4 aromatic rings. The molecule has 0 fully saturated rings. The molecule has 0 radical (unpaired) electrons. The molecular formula is C26H17F5. The molecule has 0 unspecified atom stereocenters. The summed E-state index contributed by atoms with van der Waals surface area (Å²) >= 11 is 0. The van der Waals surface area contributed by atoms with Crippen LogP contribution in [0.2, 0.25) is 0 Å². The number of hydrogen-bond acceptors (Lipinski definition) is 0. The maximum absolute atomic E-state index is 15.2. The summed E-state index contributed by atoms with van der Waals surface area (Å²) in [7, 11) is 0. The van der Waals surface area contributed by atoms with Gasteiger partial charge in [-0.2, -0.15) is 0 Å². The molecule has 5 heteroatoms. The van der Waals surface area contributed by atoms with Crippen molar-refractivity contribution in [3.05, 3.63) is 108 Å². The molecule has 0 aliphatic rings. The average molecular weight is 424 g/mol. The molecule has 0 saturated heterocycles. The minimum absolute atomic E-state index is 0.00856. The van der Waals surface area contributed by atoms with Gasteiger partial charge in [-0.25, -0.2) is 22.0 Å². The Balaban J connectivity index is 1.79. The van der Waals surface area contributed by atoms with Gasteiger partial charge >= 0.3 is 0 Å². The number of fused-ring (bicyclic) bond motifs is 1. The fourth-order valence-electron chi connectivity index (χ4n) is 3.69. The second-order valence-electron chi connectivity index (χ2n) is 7.28. The topological polar surface area (TPSA) is 0 Å². The maximum atomic E-state index is 15.2. The highest BCUT2D eigenvalue weighted by Gasteiger charge is 2.18. The molecule has 0 N–H and O–H groups in total. The molecule has 0 heterocycles. The number of halogens is 5. The van der Waals surface area contributed by atoms with Crippen LogP contribution >= 0.6 is 0 Å². The van der Waals surface area contributed by atoms with E-state index in [1.54, 1.807) is 24.3 Å². The molecule has 0 nitrogen and oxygen atoms in total. The number of allylic oxidation sites excluding steroid dienone is 1. The van der Waals surface area contributed by atoms with Gasteiger partial charge in [0.2, 0.25) is 0 Å². The van der Waals surface area contributed by atoms with E-state index in [0.29, 0.717) is 16.8 Å². The number of aryl methyl sites for hydroxylation is 1. The lowest BCUT2D eigenvalue weighted by atomic mass is 9.95. The van der Waals surface area contributed by atoms with Crippen molar-refractivity contribution in [2.24, 2.45) is 0 Å². The van der Waals surface area contributed by atoms with Crippen molar-refractivity contribution in [1.82, 2.24) is 0 Å². The van der Waals surface area contributed by atoms with Crippen molar-refractivity contribution in [2.75, 3.05) is 0 Å². The summed E-state index contributed by atoms with van der Waals surface area (Å²) in [6.45, 7) is 3.69. The number of benzene rings is 4. The Hall–Kier alpha value is -3.47. The minimum Gasteiger partial charge on any atom is -0.207 e. The summed E-state index contributed by atoms with van der Waals surface area (Å²) in [6.07, 6.45) is 3.38. The molecule has 0 bridgehead atoms. The molecule has 0 saturated carbocycles. The van der Waals surface area contributed by atoms with Crippen LogP contribution in [0.5, 0.6) is 0 Å². The zero-order chi connectivity index (χ0) is 22.1. The highest BCUT2D eigenvalue weighted by atomic mass is 19.1. The summed E-state index contributed by atoms with van der Waals surface area (Å²) in [5.41, 5.74) is 0.204. The Morgan fingerprint density at radius 1 is 0.710 bits per heavy atom. The molecule has 0 aromatic heterocycles. The molecular weight excluding hydrogens is 407 g/mol. The van der Waals surface area contributed by atoms with Gasteiger partial charge in [0, 0.05) is 17.0 Å². The fourth-order valence-corrected chi connectivity index (χ4v) is 3.69. The lowest BCUT2D eigenvalue weighted by Crippen LogP contribution is -1.96. The normalized spacial score (nSPS) is 11.1. The summed E-state index contributed by atoms with van der Waals surface area (Å²) in [6, 6.07) is 12.7. The van der Waals surface area contributed by atoms with E-state index in [2.05, 4.69) is 6.58 Å². The zero-order valence-electron chi connectivity index (χ0n) is 16.4. The van der Waals surface area contributed by atoms with Gasteiger partial charge in [0.25, 0.3) is 0 Å². The van der Waals surface area contributed by atoms with E-state index >= 15 is 4.39 Å². The Bertz CT molecular complexity index is 1260. The van der Waals surface area contributed by atoms with Gasteiger partial charge < -0.3 is 0 Å². The highest BCUT2D eigenvalue weighted by molar-refractivity contribution is 5.89. The molecule has 0 amide bonds. The third kappa shape index (κ3) is 4.08. The molecule has 0 atom stereocenters. The first-order valence-corrected chi connectivity index (χ1v) is 9.65. The summed E-state index contributed by atoms with van der Waals surface area (Å²) in [5, 5.41) is 1.01. The molecule has 0 aliphatic carbocycles. The average Bonchev–Trinajstić information content (AvgIpc) is 2.71. The van der Waals surface area contributed by atoms with Gasteiger partial charge in [0.15, 0.2) is 0 Å². The fraction of sp³-hybridized carbons (Fsp3) is 0.0769. The first-order chi connectivity index (χ1) is 14.9. The van der Waals surface area contributed by atoms with Crippen molar-refractivity contribution < 1.29 is 22.0 Å². The van der Waals surface area contributed by atoms with Crippen LogP contribution in [-0.2, 0) is 6.42 Å². The summed E-state index contributed by atoms with van der Waals surface area (Å²) in [5.74, 6) is -4.59. The van der Waals surface area contributed by atoms with Crippen molar-refractivity contribution in [1.29, 1.82) is 0 Å². The second kappa shape index (κ2) is 8.34. The van der Waals surface area contributed by atoms with E-state index in [1.807, 2.05) is 6.07 Å². The van der Waals surface area contributed by atoms with Gasteiger partial charge in [-0.3, -0.25) is 0 Å². The summed E-state index contributed by atoms with van der Waals surface area (Å²) < 4.78 is 71.6. The van der Waals surface area contributed by atoms with Gasteiger partial charge in [0.05, 0.1) is 5.56 Å². The monoisotopic (exact) mass is 424 g/mol. The molecule has 156 valence electrons. The molecule has 0 spiro atoms. The third-order valence-corrected chi connectivity index (χ3v) is 5.16. The van der Waals surface area contributed by atoms with Gasteiger partial charge in [-0.15, -0.1) is 6.58 Å². The minimum atomic E-state index is -1.04. The standard InChI is InChI=1S/C26H17F5/c1-2-3-4-15-5-7-21-16(9-15)6-8-22(26(21)31)17-12-23(29)25(24(30)13-17)18-10-19(27)14-20(28)11-18/h2,5-14H,1,3-4H2. The van der Waals surface area contributed by atoms with Crippen LogP contribution in [-0.4, -0.2) is 0 Å². The first-order valence-electron chi connectivity index (χ1n) is 9.65. The summed E-state index contributed by atoms with van der Waals surface area (Å²) in [4.78, 5) is 0.